The van der Waals surface area contributed by atoms with Gasteiger partial charge in [-0.2, -0.15) is 0 Å². The molecule has 0 aromatic rings. The van der Waals surface area contributed by atoms with Gasteiger partial charge in [-0.15, -0.1) is 0 Å². The van der Waals surface area contributed by atoms with E-state index in [-0.39, 0.29) is 0 Å². The van der Waals surface area contributed by atoms with Crippen molar-refractivity contribution in [3.05, 3.63) is 10.4 Å². The summed E-state index contributed by atoms with van der Waals surface area (Å²) in [5.41, 5.74) is 13.7. The Kier molecular flexibility index (Phi) is 5.78. The summed E-state index contributed by atoms with van der Waals surface area (Å²) in [7, 11) is 0. The number of nitrogens with zero attached hydrogens (tertiary/aromatic N) is 3. The van der Waals surface area contributed by atoms with Crippen LogP contribution in [0, 0.1) is 5.92 Å². The van der Waals surface area contributed by atoms with Crippen LogP contribution in [0.3, 0.4) is 0 Å². The first-order chi connectivity index (χ1) is 8.47. The minimum atomic E-state index is -3.46. The van der Waals surface area contributed by atoms with E-state index in [0.29, 0.717) is 12.3 Å². The summed E-state index contributed by atoms with van der Waals surface area (Å²) < 4.78 is 26.8. The molecule has 18 heavy (non-hydrogen) atoms. The Balaban J connectivity index is 2.48. The van der Waals surface area contributed by atoms with E-state index in [0.717, 1.165) is 25.7 Å². The molecule has 0 aliphatic heterocycles. The van der Waals surface area contributed by atoms with Crippen LogP contribution in [0.2, 0.25) is 0 Å². The minimum absolute atomic E-state index is 0.318. The van der Waals surface area contributed by atoms with E-state index >= 15 is 0 Å². The van der Waals surface area contributed by atoms with Crippen molar-refractivity contribution >= 4 is 0 Å². The second-order valence-electron chi connectivity index (χ2n) is 5.00. The molecule has 5 nitrogen and oxygen atoms in total. The maximum absolute atomic E-state index is 13.4. The van der Waals surface area contributed by atoms with Gasteiger partial charge in [0.15, 0.2) is 0 Å². The number of halogens is 2. The molecule has 0 saturated heterocycles. The average molecular weight is 262 g/mol. The van der Waals surface area contributed by atoms with Crippen molar-refractivity contribution in [2.24, 2.45) is 16.8 Å². The van der Waals surface area contributed by atoms with Crippen LogP contribution in [-0.4, -0.2) is 29.7 Å². The third-order valence-corrected chi connectivity index (χ3v) is 3.51. The second kappa shape index (κ2) is 6.87. The fourth-order valence-corrected chi connectivity index (χ4v) is 2.47. The molecule has 0 amide bonds. The Morgan fingerprint density at radius 2 is 2.00 bits per heavy atom. The molecule has 0 heterocycles. The Hall–Kier alpha value is -0.910. The number of rotatable bonds is 6. The number of hydrogen-bond donors (Lipinski definition) is 2. The molecular formula is C11H20F2N4O. The lowest BCUT2D eigenvalue weighted by Gasteiger charge is -2.30. The standard InChI is InChI=1S/C11H20F2N4O/c12-11(13,7-16-17-15)10(18)9(14)6-8-4-2-1-3-5-8/h8-10,18H,1-7,14H2/t9-,10+/m0/s1. The highest BCUT2D eigenvalue weighted by molar-refractivity contribution is 4.88. The number of aliphatic hydroxyl groups excluding tert-OH is 1. The van der Waals surface area contributed by atoms with Gasteiger partial charge in [-0.3, -0.25) is 0 Å². The van der Waals surface area contributed by atoms with Gasteiger partial charge in [0.2, 0.25) is 0 Å². The highest BCUT2D eigenvalue weighted by atomic mass is 19.3. The van der Waals surface area contributed by atoms with Crippen LogP contribution in [0.25, 0.3) is 10.4 Å². The lowest BCUT2D eigenvalue weighted by molar-refractivity contribution is -0.112. The van der Waals surface area contributed by atoms with Gasteiger partial charge in [0.1, 0.15) is 6.10 Å². The molecule has 0 bridgehead atoms. The molecule has 0 unspecified atom stereocenters. The van der Waals surface area contributed by atoms with E-state index in [1.165, 1.54) is 6.42 Å². The van der Waals surface area contributed by atoms with E-state index in [1.807, 2.05) is 0 Å². The van der Waals surface area contributed by atoms with Crippen molar-refractivity contribution in [1.29, 1.82) is 0 Å². The lowest BCUT2D eigenvalue weighted by atomic mass is 9.83. The Morgan fingerprint density at radius 3 is 2.56 bits per heavy atom. The quantitative estimate of drug-likeness (QED) is 0.437. The van der Waals surface area contributed by atoms with Crippen molar-refractivity contribution in [2.75, 3.05) is 6.54 Å². The van der Waals surface area contributed by atoms with Crippen LogP contribution >= 0.6 is 0 Å². The molecule has 7 heteroatoms. The Morgan fingerprint density at radius 1 is 1.39 bits per heavy atom. The van der Waals surface area contributed by atoms with Crippen molar-refractivity contribution in [2.45, 2.75) is 56.6 Å². The zero-order valence-electron chi connectivity index (χ0n) is 10.3. The summed E-state index contributed by atoms with van der Waals surface area (Å²) in [4.78, 5) is 2.27. The Labute approximate surface area is 105 Å². The molecule has 0 aromatic carbocycles. The zero-order chi connectivity index (χ0) is 13.6. The van der Waals surface area contributed by atoms with Crippen molar-refractivity contribution in [3.8, 4) is 0 Å². The molecule has 0 radical (unpaired) electrons. The summed E-state index contributed by atoms with van der Waals surface area (Å²) >= 11 is 0. The van der Waals surface area contributed by atoms with E-state index in [9.17, 15) is 13.9 Å². The largest absolute Gasteiger partial charge is 0.385 e. The first-order valence-corrected chi connectivity index (χ1v) is 6.29. The number of nitrogens with two attached hydrogens (primary N) is 1. The molecule has 0 spiro atoms. The van der Waals surface area contributed by atoms with Gasteiger partial charge in [0.05, 0.1) is 6.54 Å². The smallest absolute Gasteiger partial charge is 0.280 e. The zero-order valence-corrected chi connectivity index (χ0v) is 10.3. The number of aliphatic hydroxyl groups is 1. The predicted octanol–water partition coefficient (Wildman–Crippen LogP) is 2.59. The summed E-state index contributed by atoms with van der Waals surface area (Å²) in [5.74, 6) is -3.14. The molecule has 1 rings (SSSR count). The van der Waals surface area contributed by atoms with Crippen LogP contribution in [0.5, 0.6) is 0 Å². The summed E-state index contributed by atoms with van der Waals surface area (Å²) in [6.07, 6.45) is 3.80. The third-order valence-electron chi connectivity index (χ3n) is 3.51. The monoisotopic (exact) mass is 262 g/mol. The van der Waals surface area contributed by atoms with E-state index in [2.05, 4.69) is 10.0 Å². The molecule has 104 valence electrons. The molecule has 2 atom stereocenters. The van der Waals surface area contributed by atoms with Crippen LogP contribution < -0.4 is 5.73 Å². The molecular weight excluding hydrogens is 242 g/mol. The Bertz CT molecular complexity index is 301. The van der Waals surface area contributed by atoms with Gasteiger partial charge in [-0.05, 0) is 17.9 Å². The van der Waals surface area contributed by atoms with Crippen LogP contribution in [0.1, 0.15) is 38.5 Å². The van der Waals surface area contributed by atoms with Gasteiger partial charge >= 0.3 is 0 Å². The summed E-state index contributed by atoms with van der Waals surface area (Å²) in [5, 5.41) is 12.4. The van der Waals surface area contributed by atoms with Crippen molar-refractivity contribution in [3.63, 3.8) is 0 Å². The highest BCUT2D eigenvalue weighted by Crippen LogP contribution is 2.30. The topological polar surface area (TPSA) is 95.0 Å². The lowest BCUT2D eigenvalue weighted by Crippen LogP contribution is -2.49. The average Bonchev–Trinajstić information content (AvgIpc) is 2.36. The highest BCUT2D eigenvalue weighted by Gasteiger charge is 2.41. The third kappa shape index (κ3) is 4.40. The molecule has 1 aliphatic carbocycles. The molecule has 3 N–H and O–H groups in total. The molecule has 1 saturated carbocycles. The van der Waals surface area contributed by atoms with E-state index < -0.39 is 24.6 Å². The van der Waals surface area contributed by atoms with Gasteiger partial charge < -0.3 is 10.8 Å². The normalized spacial score (nSPS) is 21.1. The summed E-state index contributed by atoms with van der Waals surface area (Å²) in [6.45, 7) is -1.05. The number of alkyl halides is 2. The SMILES string of the molecule is [N-]=[N+]=NCC(F)(F)[C@H](O)[C@@H](N)CC1CCCCC1. The molecule has 1 aliphatic rings. The number of hydrogen-bond acceptors (Lipinski definition) is 3. The number of azide groups is 1. The molecule has 1 fully saturated rings. The fraction of sp³-hybridized carbons (Fsp3) is 1.00. The van der Waals surface area contributed by atoms with E-state index in [1.54, 1.807) is 0 Å². The molecule has 0 aromatic heterocycles. The van der Waals surface area contributed by atoms with E-state index in [4.69, 9.17) is 11.3 Å². The first-order valence-electron chi connectivity index (χ1n) is 6.29. The van der Waals surface area contributed by atoms with Gasteiger partial charge in [0.25, 0.3) is 5.92 Å². The predicted molar refractivity (Wildman–Crippen MR) is 64.1 cm³/mol. The second-order valence-corrected chi connectivity index (χ2v) is 5.00. The van der Waals surface area contributed by atoms with Crippen molar-refractivity contribution < 1.29 is 13.9 Å². The minimum Gasteiger partial charge on any atom is -0.385 e. The van der Waals surface area contributed by atoms with Gasteiger partial charge in [-0.25, -0.2) is 8.78 Å². The van der Waals surface area contributed by atoms with Crippen LogP contribution in [0.4, 0.5) is 8.78 Å². The first kappa shape index (κ1) is 15.1. The van der Waals surface area contributed by atoms with Gasteiger partial charge in [-0.1, -0.05) is 37.2 Å². The maximum atomic E-state index is 13.4. The van der Waals surface area contributed by atoms with Crippen molar-refractivity contribution in [1.82, 2.24) is 0 Å². The van der Waals surface area contributed by atoms with Crippen LogP contribution in [-0.2, 0) is 0 Å². The van der Waals surface area contributed by atoms with Gasteiger partial charge in [0, 0.05) is 11.0 Å². The maximum Gasteiger partial charge on any atom is 0.280 e. The summed E-state index contributed by atoms with van der Waals surface area (Å²) in [6, 6.07) is -0.975. The van der Waals surface area contributed by atoms with Crippen LogP contribution in [0.15, 0.2) is 5.11 Å². The fourth-order valence-electron chi connectivity index (χ4n) is 2.47.